The smallest absolute Gasteiger partial charge is 0.335 e. The van der Waals surface area contributed by atoms with Crippen LogP contribution in [0.2, 0.25) is 0 Å². The van der Waals surface area contributed by atoms with Crippen molar-refractivity contribution in [3.05, 3.63) is 115 Å². The minimum Gasteiger partial charge on any atom is -0.478 e. The standard InChI is InChI=1S/C27H19NO2/c29-27(30)21-15-17-22(18-16-21)28(25-13-5-9-19-7-1-3-11-23(19)25)26-14-6-10-20-8-2-4-12-24(20)26/h1-18H,(H,29,30). The lowest BCUT2D eigenvalue weighted by atomic mass is 10.0. The minimum atomic E-state index is -0.927. The predicted molar refractivity (Wildman–Crippen MR) is 123 cm³/mol. The Balaban J connectivity index is 1.81. The van der Waals surface area contributed by atoms with Crippen molar-refractivity contribution in [1.82, 2.24) is 0 Å². The topological polar surface area (TPSA) is 40.5 Å². The number of nitrogens with zero attached hydrogens (tertiary/aromatic N) is 1. The average Bonchev–Trinajstić information content (AvgIpc) is 2.80. The van der Waals surface area contributed by atoms with Crippen molar-refractivity contribution in [1.29, 1.82) is 0 Å². The minimum absolute atomic E-state index is 0.273. The van der Waals surface area contributed by atoms with Gasteiger partial charge in [-0.15, -0.1) is 0 Å². The highest BCUT2D eigenvalue weighted by Crippen LogP contribution is 2.41. The first-order valence-corrected chi connectivity index (χ1v) is 9.81. The van der Waals surface area contributed by atoms with E-state index < -0.39 is 5.97 Å². The molecular weight excluding hydrogens is 370 g/mol. The normalized spacial score (nSPS) is 10.9. The van der Waals surface area contributed by atoms with Crippen molar-refractivity contribution < 1.29 is 9.90 Å². The molecule has 0 aromatic heterocycles. The van der Waals surface area contributed by atoms with Crippen molar-refractivity contribution in [2.24, 2.45) is 0 Å². The van der Waals surface area contributed by atoms with Gasteiger partial charge in [0.15, 0.2) is 0 Å². The van der Waals surface area contributed by atoms with Gasteiger partial charge in [-0.2, -0.15) is 0 Å². The number of carboxylic acid groups (broad SMARTS) is 1. The van der Waals surface area contributed by atoms with Gasteiger partial charge in [0.1, 0.15) is 0 Å². The van der Waals surface area contributed by atoms with Crippen molar-refractivity contribution in [3.63, 3.8) is 0 Å². The van der Waals surface area contributed by atoms with Crippen molar-refractivity contribution >= 4 is 44.6 Å². The van der Waals surface area contributed by atoms with Crippen LogP contribution in [0.3, 0.4) is 0 Å². The second kappa shape index (κ2) is 7.37. The number of hydrogen-bond donors (Lipinski definition) is 1. The molecule has 5 aromatic rings. The molecular formula is C27H19NO2. The van der Waals surface area contributed by atoms with E-state index >= 15 is 0 Å². The van der Waals surface area contributed by atoms with Crippen LogP contribution in [0, 0.1) is 0 Å². The molecule has 5 aromatic carbocycles. The summed E-state index contributed by atoms with van der Waals surface area (Å²) in [6.07, 6.45) is 0. The van der Waals surface area contributed by atoms with Crippen LogP contribution in [-0.4, -0.2) is 11.1 Å². The molecule has 1 N–H and O–H groups in total. The van der Waals surface area contributed by atoms with Crippen molar-refractivity contribution in [2.45, 2.75) is 0 Å². The molecule has 0 atom stereocenters. The molecule has 0 amide bonds. The Hall–Kier alpha value is -4.11. The van der Waals surface area contributed by atoms with Gasteiger partial charge in [-0.3, -0.25) is 0 Å². The molecule has 0 saturated heterocycles. The lowest BCUT2D eigenvalue weighted by Gasteiger charge is -2.28. The van der Waals surface area contributed by atoms with Gasteiger partial charge in [-0.1, -0.05) is 72.8 Å². The highest BCUT2D eigenvalue weighted by molar-refractivity contribution is 6.04. The van der Waals surface area contributed by atoms with Crippen molar-refractivity contribution in [2.75, 3.05) is 4.90 Å². The molecule has 0 spiro atoms. The summed E-state index contributed by atoms with van der Waals surface area (Å²) in [6, 6.07) is 36.2. The Labute approximate surface area is 174 Å². The zero-order chi connectivity index (χ0) is 20.5. The van der Waals surface area contributed by atoms with Crippen LogP contribution in [-0.2, 0) is 0 Å². The first-order valence-electron chi connectivity index (χ1n) is 9.81. The van der Waals surface area contributed by atoms with E-state index in [9.17, 15) is 9.90 Å². The fourth-order valence-electron chi connectivity index (χ4n) is 3.97. The van der Waals surface area contributed by atoms with Crippen molar-refractivity contribution in [3.8, 4) is 0 Å². The third kappa shape index (κ3) is 3.07. The van der Waals surface area contributed by atoms with Crippen LogP contribution in [0.4, 0.5) is 17.1 Å². The Morgan fingerprint density at radius 2 is 1.03 bits per heavy atom. The lowest BCUT2D eigenvalue weighted by Crippen LogP contribution is -2.11. The van der Waals surface area contributed by atoms with E-state index in [0.717, 1.165) is 38.6 Å². The number of anilines is 3. The summed E-state index contributed by atoms with van der Waals surface area (Å²) >= 11 is 0. The molecule has 0 fully saturated rings. The number of hydrogen-bond acceptors (Lipinski definition) is 2. The average molecular weight is 389 g/mol. The molecule has 0 aliphatic rings. The van der Waals surface area contributed by atoms with Crippen LogP contribution >= 0.6 is 0 Å². The van der Waals surface area contributed by atoms with Gasteiger partial charge in [-0.05, 0) is 47.2 Å². The summed E-state index contributed by atoms with van der Waals surface area (Å²) in [4.78, 5) is 13.6. The SMILES string of the molecule is O=C(O)c1ccc(N(c2cccc3ccccc23)c2cccc3ccccc23)cc1. The van der Waals surface area contributed by atoms with E-state index in [1.807, 2.05) is 36.4 Å². The molecule has 144 valence electrons. The maximum atomic E-state index is 11.4. The number of carboxylic acids is 1. The fourth-order valence-corrected chi connectivity index (χ4v) is 3.97. The lowest BCUT2D eigenvalue weighted by molar-refractivity contribution is 0.0697. The maximum absolute atomic E-state index is 11.4. The van der Waals surface area contributed by atoms with E-state index in [1.165, 1.54) is 0 Å². The van der Waals surface area contributed by atoms with Crippen LogP contribution in [0.25, 0.3) is 21.5 Å². The molecule has 30 heavy (non-hydrogen) atoms. The largest absolute Gasteiger partial charge is 0.478 e. The summed E-state index contributed by atoms with van der Waals surface area (Å²) in [5.41, 5.74) is 3.28. The van der Waals surface area contributed by atoms with Gasteiger partial charge in [-0.25, -0.2) is 4.79 Å². The maximum Gasteiger partial charge on any atom is 0.335 e. The fraction of sp³-hybridized carbons (Fsp3) is 0. The second-order valence-corrected chi connectivity index (χ2v) is 7.18. The predicted octanol–water partition coefficient (Wildman–Crippen LogP) is 7.16. The van der Waals surface area contributed by atoms with Gasteiger partial charge < -0.3 is 10.0 Å². The Bertz CT molecular complexity index is 1280. The summed E-state index contributed by atoms with van der Waals surface area (Å²) < 4.78 is 0. The Morgan fingerprint density at radius 3 is 1.53 bits per heavy atom. The number of benzene rings is 5. The zero-order valence-corrected chi connectivity index (χ0v) is 16.2. The Morgan fingerprint density at radius 1 is 0.567 bits per heavy atom. The zero-order valence-electron chi connectivity index (χ0n) is 16.2. The molecule has 0 aliphatic heterocycles. The van der Waals surface area contributed by atoms with Crippen LogP contribution in [0.5, 0.6) is 0 Å². The second-order valence-electron chi connectivity index (χ2n) is 7.18. The third-order valence-corrected chi connectivity index (χ3v) is 5.39. The van der Waals surface area contributed by atoms with E-state index in [2.05, 4.69) is 65.6 Å². The molecule has 0 saturated carbocycles. The summed E-state index contributed by atoms with van der Waals surface area (Å²) in [6.45, 7) is 0. The molecule has 0 unspecified atom stereocenters. The first kappa shape index (κ1) is 18.0. The van der Waals surface area contributed by atoms with Gasteiger partial charge in [0.25, 0.3) is 0 Å². The van der Waals surface area contributed by atoms with Gasteiger partial charge in [0, 0.05) is 16.5 Å². The van der Waals surface area contributed by atoms with Crippen LogP contribution in [0.1, 0.15) is 10.4 Å². The van der Waals surface area contributed by atoms with E-state index in [4.69, 9.17) is 0 Å². The molecule has 5 rings (SSSR count). The van der Waals surface area contributed by atoms with E-state index in [1.54, 1.807) is 12.1 Å². The Kier molecular flexibility index (Phi) is 4.41. The highest BCUT2D eigenvalue weighted by Gasteiger charge is 2.17. The molecule has 0 bridgehead atoms. The van der Waals surface area contributed by atoms with Gasteiger partial charge in [0.05, 0.1) is 16.9 Å². The third-order valence-electron chi connectivity index (χ3n) is 5.39. The summed E-state index contributed by atoms with van der Waals surface area (Å²) in [7, 11) is 0. The number of carbonyl (C=O) groups is 1. The van der Waals surface area contributed by atoms with E-state index in [0.29, 0.717) is 0 Å². The summed E-state index contributed by atoms with van der Waals surface area (Å²) in [5, 5.41) is 13.9. The highest BCUT2D eigenvalue weighted by atomic mass is 16.4. The van der Waals surface area contributed by atoms with Crippen LogP contribution < -0.4 is 4.90 Å². The number of rotatable bonds is 4. The first-order chi connectivity index (χ1) is 14.7. The molecule has 0 aliphatic carbocycles. The number of fused-ring (bicyclic) bond motifs is 2. The summed E-state index contributed by atoms with van der Waals surface area (Å²) in [5.74, 6) is -0.927. The molecule has 3 nitrogen and oxygen atoms in total. The monoisotopic (exact) mass is 389 g/mol. The molecule has 0 radical (unpaired) electrons. The number of aromatic carboxylic acids is 1. The molecule has 0 heterocycles. The quantitative estimate of drug-likeness (QED) is 0.354. The molecule has 3 heteroatoms. The van der Waals surface area contributed by atoms with Gasteiger partial charge in [0.2, 0.25) is 0 Å². The van der Waals surface area contributed by atoms with Crippen LogP contribution in [0.15, 0.2) is 109 Å². The van der Waals surface area contributed by atoms with Gasteiger partial charge >= 0.3 is 5.97 Å². The van der Waals surface area contributed by atoms with E-state index in [-0.39, 0.29) is 5.56 Å².